The zero-order valence-corrected chi connectivity index (χ0v) is 14.3. The van der Waals surface area contributed by atoms with Crippen molar-refractivity contribution in [3.05, 3.63) is 30.1 Å². The van der Waals surface area contributed by atoms with Gasteiger partial charge in [0.1, 0.15) is 0 Å². The fourth-order valence-corrected chi connectivity index (χ4v) is 4.70. The van der Waals surface area contributed by atoms with Gasteiger partial charge in [-0.2, -0.15) is 0 Å². The lowest BCUT2D eigenvalue weighted by Crippen LogP contribution is -2.54. The summed E-state index contributed by atoms with van der Waals surface area (Å²) in [5.74, 6) is 0.156. The minimum absolute atomic E-state index is 0.0950. The monoisotopic (exact) mass is 337 g/mol. The van der Waals surface area contributed by atoms with Crippen molar-refractivity contribution in [2.45, 2.75) is 32.2 Å². The van der Waals surface area contributed by atoms with Crippen molar-refractivity contribution in [3.63, 3.8) is 0 Å². The number of pyridine rings is 1. The molecule has 0 aromatic carbocycles. The Hall–Kier alpha value is -1.47. The van der Waals surface area contributed by atoms with Crippen LogP contribution in [0, 0.1) is 5.41 Å². The third kappa shape index (κ3) is 3.72. The van der Waals surface area contributed by atoms with E-state index in [1.54, 1.807) is 16.7 Å². The summed E-state index contributed by atoms with van der Waals surface area (Å²) < 4.78 is 25.4. The third-order valence-electron chi connectivity index (χ3n) is 4.97. The van der Waals surface area contributed by atoms with Crippen LogP contribution in [0.15, 0.2) is 24.5 Å². The maximum atomic E-state index is 12.3. The van der Waals surface area contributed by atoms with E-state index in [1.165, 1.54) is 6.26 Å². The number of nitrogens with zero attached hydrogens (tertiary/aromatic N) is 3. The van der Waals surface area contributed by atoms with E-state index in [0.29, 0.717) is 32.6 Å². The van der Waals surface area contributed by atoms with Crippen LogP contribution in [0.3, 0.4) is 0 Å². The second-order valence-corrected chi connectivity index (χ2v) is 8.79. The molecule has 0 N–H and O–H groups in total. The quantitative estimate of drug-likeness (QED) is 0.832. The molecule has 126 valence electrons. The van der Waals surface area contributed by atoms with Gasteiger partial charge in [-0.05, 0) is 37.0 Å². The molecule has 23 heavy (non-hydrogen) atoms. The van der Waals surface area contributed by atoms with Crippen molar-refractivity contribution in [1.82, 2.24) is 14.2 Å². The number of hydrogen-bond donors (Lipinski definition) is 0. The van der Waals surface area contributed by atoms with Crippen LogP contribution in [0.1, 0.15) is 31.2 Å². The van der Waals surface area contributed by atoms with Gasteiger partial charge in [0.2, 0.25) is 15.9 Å². The van der Waals surface area contributed by atoms with Crippen LogP contribution >= 0.6 is 0 Å². The predicted molar refractivity (Wildman–Crippen MR) is 87.0 cm³/mol. The molecule has 7 heteroatoms. The molecule has 3 heterocycles. The van der Waals surface area contributed by atoms with Gasteiger partial charge >= 0.3 is 0 Å². The molecule has 1 aromatic rings. The molecule has 2 aliphatic rings. The molecule has 6 nitrogen and oxygen atoms in total. The van der Waals surface area contributed by atoms with Crippen LogP contribution in [-0.2, 0) is 21.4 Å². The van der Waals surface area contributed by atoms with E-state index in [1.807, 2.05) is 17.0 Å². The highest BCUT2D eigenvalue weighted by Gasteiger charge is 2.43. The molecule has 0 aliphatic carbocycles. The number of carbonyl (C=O) groups excluding carboxylic acids is 1. The van der Waals surface area contributed by atoms with Gasteiger partial charge in [0.05, 0.1) is 6.26 Å². The van der Waals surface area contributed by atoms with Crippen molar-refractivity contribution >= 4 is 15.9 Å². The van der Waals surface area contributed by atoms with Crippen molar-refractivity contribution < 1.29 is 13.2 Å². The van der Waals surface area contributed by atoms with Crippen molar-refractivity contribution in [3.8, 4) is 0 Å². The molecule has 2 saturated heterocycles. The highest BCUT2D eigenvalue weighted by atomic mass is 32.2. The summed E-state index contributed by atoms with van der Waals surface area (Å²) in [5, 5.41) is 0. The lowest BCUT2D eigenvalue weighted by molar-refractivity contribution is -0.139. The Labute approximate surface area is 137 Å². The van der Waals surface area contributed by atoms with Crippen molar-refractivity contribution in [1.29, 1.82) is 0 Å². The molecule has 0 bridgehead atoms. The minimum Gasteiger partial charge on any atom is -0.338 e. The van der Waals surface area contributed by atoms with Gasteiger partial charge in [0, 0.05) is 50.4 Å². The van der Waals surface area contributed by atoms with Gasteiger partial charge in [0.15, 0.2) is 0 Å². The van der Waals surface area contributed by atoms with Gasteiger partial charge in [-0.1, -0.05) is 0 Å². The number of piperidine rings is 2. The number of rotatable bonds is 3. The van der Waals surface area contributed by atoms with Crippen LogP contribution < -0.4 is 0 Å². The zero-order valence-electron chi connectivity index (χ0n) is 13.4. The first kappa shape index (κ1) is 16.4. The van der Waals surface area contributed by atoms with Gasteiger partial charge in [-0.15, -0.1) is 0 Å². The summed E-state index contributed by atoms with van der Waals surface area (Å²) in [6, 6.07) is 3.83. The second kappa shape index (κ2) is 6.20. The van der Waals surface area contributed by atoms with Gasteiger partial charge in [0.25, 0.3) is 0 Å². The Morgan fingerprint density at radius 1 is 1.22 bits per heavy atom. The SMILES string of the molecule is CS(=O)(=O)N1CCC[C@]2(CCC(=O)N(Cc3ccncc3)C2)C1. The lowest BCUT2D eigenvalue weighted by atomic mass is 9.74. The predicted octanol–water partition coefficient (Wildman–Crippen LogP) is 1.25. The average Bonchev–Trinajstić information content (AvgIpc) is 2.52. The van der Waals surface area contributed by atoms with E-state index in [9.17, 15) is 13.2 Å². The highest BCUT2D eigenvalue weighted by molar-refractivity contribution is 7.88. The first-order valence-electron chi connectivity index (χ1n) is 8.00. The standard InChI is InChI=1S/C16H23N3O3S/c1-23(21,22)19-10-2-6-16(13-19)7-3-15(20)18(12-16)11-14-4-8-17-9-5-14/h4-5,8-9H,2-3,6-7,10-13H2,1H3/t16-/m1/s1. The fraction of sp³-hybridized carbons (Fsp3) is 0.625. The molecule has 0 unspecified atom stereocenters. The summed E-state index contributed by atoms with van der Waals surface area (Å²) in [7, 11) is -3.17. The molecular weight excluding hydrogens is 314 g/mol. The summed E-state index contributed by atoms with van der Waals surface area (Å²) in [6.07, 6.45) is 7.86. The van der Waals surface area contributed by atoms with Crippen LogP contribution in [-0.4, -0.2) is 54.4 Å². The minimum atomic E-state index is -3.17. The molecule has 1 aromatic heterocycles. The van der Waals surface area contributed by atoms with Gasteiger partial charge < -0.3 is 4.90 Å². The summed E-state index contributed by atoms with van der Waals surface area (Å²) >= 11 is 0. The molecular formula is C16H23N3O3S. The van der Waals surface area contributed by atoms with Crippen LogP contribution in [0.2, 0.25) is 0 Å². The highest BCUT2D eigenvalue weighted by Crippen LogP contribution is 2.39. The Balaban J connectivity index is 1.75. The third-order valence-corrected chi connectivity index (χ3v) is 6.22. The summed E-state index contributed by atoms with van der Waals surface area (Å²) in [6.45, 7) is 2.34. The number of aromatic nitrogens is 1. The normalized spacial score (nSPS) is 26.7. The first-order chi connectivity index (χ1) is 10.9. The van der Waals surface area contributed by atoms with Crippen molar-refractivity contribution in [2.24, 2.45) is 5.41 Å². The summed E-state index contributed by atoms with van der Waals surface area (Å²) in [5.41, 5.74) is 0.962. The summed E-state index contributed by atoms with van der Waals surface area (Å²) in [4.78, 5) is 18.2. The molecule has 2 aliphatic heterocycles. The number of likely N-dealkylation sites (tertiary alicyclic amines) is 1. The van der Waals surface area contributed by atoms with Gasteiger partial charge in [-0.25, -0.2) is 12.7 Å². The molecule has 2 fully saturated rings. The molecule has 0 radical (unpaired) electrons. The molecule has 1 amide bonds. The average molecular weight is 337 g/mol. The Morgan fingerprint density at radius 3 is 2.65 bits per heavy atom. The van der Waals surface area contributed by atoms with E-state index in [-0.39, 0.29) is 11.3 Å². The Bertz CT molecular complexity index is 677. The Kier molecular flexibility index (Phi) is 4.42. The number of carbonyl (C=O) groups is 1. The molecule has 1 atom stereocenters. The van der Waals surface area contributed by atoms with Crippen LogP contribution in [0.4, 0.5) is 0 Å². The number of amides is 1. The van der Waals surface area contributed by atoms with Crippen LogP contribution in [0.25, 0.3) is 0 Å². The van der Waals surface area contributed by atoms with E-state index in [2.05, 4.69) is 4.98 Å². The van der Waals surface area contributed by atoms with Crippen molar-refractivity contribution in [2.75, 3.05) is 25.9 Å². The van der Waals surface area contributed by atoms with E-state index < -0.39 is 10.0 Å². The fourth-order valence-electron chi connectivity index (χ4n) is 3.73. The number of sulfonamides is 1. The largest absolute Gasteiger partial charge is 0.338 e. The van der Waals surface area contributed by atoms with E-state index in [0.717, 1.165) is 24.8 Å². The van der Waals surface area contributed by atoms with E-state index in [4.69, 9.17) is 0 Å². The number of hydrogen-bond acceptors (Lipinski definition) is 4. The maximum absolute atomic E-state index is 12.3. The molecule has 3 rings (SSSR count). The zero-order chi connectivity index (χ0) is 16.5. The lowest BCUT2D eigenvalue weighted by Gasteiger charge is -2.47. The smallest absolute Gasteiger partial charge is 0.222 e. The topological polar surface area (TPSA) is 70.6 Å². The van der Waals surface area contributed by atoms with E-state index >= 15 is 0 Å². The van der Waals surface area contributed by atoms with Gasteiger partial charge in [-0.3, -0.25) is 9.78 Å². The maximum Gasteiger partial charge on any atom is 0.222 e. The Morgan fingerprint density at radius 2 is 1.96 bits per heavy atom. The molecule has 1 spiro atoms. The first-order valence-corrected chi connectivity index (χ1v) is 9.85. The molecule has 0 saturated carbocycles. The van der Waals surface area contributed by atoms with Crippen LogP contribution in [0.5, 0.6) is 0 Å². The second-order valence-electron chi connectivity index (χ2n) is 6.81.